The van der Waals surface area contributed by atoms with Crippen LogP contribution in [0, 0.1) is 14.9 Å². The number of rotatable bonds is 2. The highest BCUT2D eigenvalue weighted by atomic mass is 127. The summed E-state index contributed by atoms with van der Waals surface area (Å²) in [7, 11) is 1.67. The van der Waals surface area contributed by atoms with Gasteiger partial charge < -0.3 is 10.1 Å². The van der Waals surface area contributed by atoms with Gasteiger partial charge in [-0.05, 0) is 66.2 Å². The van der Waals surface area contributed by atoms with Gasteiger partial charge in [0.1, 0.15) is 5.75 Å². The Balaban J connectivity index is 2.40. The molecule has 0 saturated carbocycles. The summed E-state index contributed by atoms with van der Waals surface area (Å²) in [6.07, 6.45) is 1.74. The molecule has 1 saturated heterocycles. The summed E-state index contributed by atoms with van der Waals surface area (Å²) in [4.78, 5) is 0. The monoisotopic (exact) mass is 342 g/mol. The van der Waals surface area contributed by atoms with E-state index >= 15 is 0 Å². The molecule has 0 spiro atoms. The van der Waals surface area contributed by atoms with E-state index in [-0.39, 0.29) is 5.41 Å². The van der Waals surface area contributed by atoms with Crippen molar-refractivity contribution in [2.45, 2.75) is 18.3 Å². The van der Waals surface area contributed by atoms with Crippen molar-refractivity contribution in [1.82, 2.24) is 5.32 Å². The number of nitriles is 1. The number of hydrogen-bond acceptors (Lipinski definition) is 3. The van der Waals surface area contributed by atoms with Crippen LogP contribution in [0.25, 0.3) is 0 Å². The second-order valence-electron chi connectivity index (χ2n) is 4.29. The molecule has 0 radical (unpaired) electrons. The van der Waals surface area contributed by atoms with Crippen molar-refractivity contribution in [3.05, 3.63) is 27.3 Å². The highest BCUT2D eigenvalue weighted by molar-refractivity contribution is 14.1. The van der Waals surface area contributed by atoms with Crippen LogP contribution in [0.3, 0.4) is 0 Å². The summed E-state index contributed by atoms with van der Waals surface area (Å²) >= 11 is 2.24. The summed E-state index contributed by atoms with van der Waals surface area (Å²) in [5.74, 6) is 0.858. The Hall–Kier alpha value is -0.800. The van der Waals surface area contributed by atoms with Crippen molar-refractivity contribution < 1.29 is 4.74 Å². The molecule has 0 aliphatic carbocycles. The highest BCUT2D eigenvalue weighted by Gasteiger charge is 2.34. The van der Waals surface area contributed by atoms with Gasteiger partial charge in [-0.25, -0.2) is 0 Å². The van der Waals surface area contributed by atoms with Crippen LogP contribution in [0.1, 0.15) is 18.4 Å². The van der Waals surface area contributed by atoms with Crippen LogP contribution in [0.4, 0.5) is 0 Å². The first-order valence-electron chi connectivity index (χ1n) is 5.68. The quantitative estimate of drug-likeness (QED) is 0.840. The Morgan fingerprint density at radius 3 is 2.71 bits per heavy atom. The lowest BCUT2D eigenvalue weighted by Crippen LogP contribution is -2.38. The molecule has 1 aliphatic heterocycles. The normalized spacial score (nSPS) is 18.4. The third kappa shape index (κ3) is 2.40. The summed E-state index contributed by atoms with van der Waals surface area (Å²) in [6, 6.07) is 8.59. The molecule has 1 aliphatic rings. The summed E-state index contributed by atoms with van der Waals surface area (Å²) in [5.41, 5.74) is 0.738. The molecule has 2 rings (SSSR count). The van der Waals surface area contributed by atoms with Gasteiger partial charge in [-0.1, -0.05) is 6.07 Å². The van der Waals surface area contributed by atoms with Crippen molar-refractivity contribution in [1.29, 1.82) is 5.26 Å². The van der Waals surface area contributed by atoms with Crippen LogP contribution in [-0.4, -0.2) is 20.2 Å². The molecule has 0 atom stereocenters. The van der Waals surface area contributed by atoms with Crippen molar-refractivity contribution in [3.8, 4) is 11.8 Å². The maximum Gasteiger partial charge on any atom is 0.132 e. The molecular formula is C13H15IN2O. The Labute approximate surface area is 115 Å². The predicted molar refractivity (Wildman–Crippen MR) is 75.1 cm³/mol. The van der Waals surface area contributed by atoms with E-state index in [2.05, 4.69) is 40.0 Å². The molecule has 1 aromatic rings. The van der Waals surface area contributed by atoms with Crippen LogP contribution in [-0.2, 0) is 5.41 Å². The standard InChI is InChI=1S/C13H15IN2O/c1-17-12-8-10(2-3-11(12)14)13(9-15)4-6-16-7-5-13/h2-3,8,16H,4-7H2,1H3. The second kappa shape index (κ2) is 5.23. The van der Waals surface area contributed by atoms with Gasteiger partial charge in [-0.3, -0.25) is 0 Å². The van der Waals surface area contributed by atoms with E-state index < -0.39 is 0 Å². The Bertz CT molecular complexity index is 447. The van der Waals surface area contributed by atoms with E-state index in [1.165, 1.54) is 0 Å². The first-order chi connectivity index (χ1) is 8.22. The van der Waals surface area contributed by atoms with E-state index in [0.29, 0.717) is 0 Å². The minimum Gasteiger partial charge on any atom is -0.496 e. The zero-order chi connectivity index (χ0) is 12.3. The molecule has 0 unspecified atom stereocenters. The Morgan fingerprint density at radius 1 is 1.41 bits per heavy atom. The molecule has 1 N–H and O–H groups in total. The maximum atomic E-state index is 9.51. The lowest BCUT2D eigenvalue weighted by atomic mass is 9.74. The minimum absolute atomic E-state index is 0.344. The second-order valence-corrected chi connectivity index (χ2v) is 5.46. The fraction of sp³-hybridized carbons (Fsp3) is 0.462. The number of nitrogens with zero attached hydrogens (tertiary/aromatic N) is 1. The number of ether oxygens (including phenoxy) is 1. The number of benzene rings is 1. The van der Waals surface area contributed by atoms with Gasteiger partial charge in [-0.2, -0.15) is 5.26 Å². The molecule has 1 heterocycles. The number of piperidine rings is 1. The number of hydrogen-bond donors (Lipinski definition) is 1. The molecule has 1 aromatic carbocycles. The van der Waals surface area contributed by atoms with Gasteiger partial charge in [0.25, 0.3) is 0 Å². The molecule has 1 fully saturated rings. The summed E-state index contributed by atoms with van der Waals surface area (Å²) in [5, 5.41) is 12.8. The first-order valence-corrected chi connectivity index (χ1v) is 6.76. The number of methoxy groups -OCH3 is 1. The molecule has 0 bridgehead atoms. The topological polar surface area (TPSA) is 45.0 Å². The van der Waals surface area contributed by atoms with Gasteiger partial charge in [0.15, 0.2) is 0 Å². The van der Waals surface area contributed by atoms with Crippen molar-refractivity contribution in [3.63, 3.8) is 0 Å². The molecule has 17 heavy (non-hydrogen) atoms. The van der Waals surface area contributed by atoms with Crippen LogP contribution < -0.4 is 10.1 Å². The van der Waals surface area contributed by atoms with Crippen molar-refractivity contribution in [2.75, 3.05) is 20.2 Å². The number of halogens is 1. The van der Waals surface area contributed by atoms with Crippen LogP contribution in [0.2, 0.25) is 0 Å². The average Bonchev–Trinajstić information content (AvgIpc) is 2.40. The predicted octanol–water partition coefficient (Wildman–Crippen LogP) is 2.44. The molecule has 3 nitrogen and oxygen atoms in total. The highest BCUT2D eigenvalue weighted by Crippen LogP contribution is 2.35. The van der Waals surface area contributed by atoms with E-state index in [1.807, 2.05) is 12.1 Å². The molecule has 0 amide bonds. The van der Waals surface area contributed by atoms with E-state index in [9.17, 15) is 5.26 Å². The average molecular weight is 342 g/mol. The molecular weight excluding hydrogens is 327 g/mol. The van der Waals surface area contributed by atoms with Gasteiger partial charge in [0.2, 0.25) is 0 Å². The van der Waals surface area contributed by atoms with Gasteiger partial charge >= 0.3 is 0 Å². The van der Waals surface area contributed by atoms with Gasteiger partial charge in [0.05, 0.1) is 22.2 Å². The fourth-order valence-corrected chi connectivity index (χ4v) is 2.83. The summed E-state index contributed by atoms with van der Waals surface area (Å²) in [6.45, 7) is 1.81. The largest absolute Gasteiger partial charge is 0.496 e. The lowest BCUT2D eigenvalue weighted by Gasteiger charge is -2.31. The van der Waals surface area contributed by atoms with Crippen molar-refractivity contribution in [2.24, 2.45) is 0 Å². The Morgan fingerprint density at radius 2 is 2.12 bits per heavy atom. The third-order valence-corrected chi connectivity index (χ3v) is 4.27. The maximum absolute atomic E-state index is 9.51. The van der Waals surface area contributed by atoms with E-state index in [1.54, 1.807) is 7.11 Å². The zero-order valence-electron chi connectivity index (χ0n) is 9.79. The molecule has 4 heteroatoms. The van der Waals surface area contributed by atoms with Gasteiger partial charge in [-0.15, -0.1) is 0 Å². The Kier molecular flexibility index (Phi) is 3.89. The lowest BCUT2D eigenvalue weighted by molar-refractivity contribution is 0.377. The van der Waals surface area contributed by atoms with Crippen LogP contribution in [0.5, 0.6) is 5.75 Å². The number of nitrogens with one attached hydrogen (secondary N) is 1. The minimum atomic E-state index is -0.344. The van der Waals surface area contributed by atoms with Gasteiger partial charge in [0, 0.05) is 0 Å². The molecule has 90 valence electrons. The SMILES string of the molecule is COc1cc(C2(C#N)CCNCC2)ccc1I. The first kappa shape index (κ1) is 12.7. The van der Waals surface area contributed by atoms with Crippen LogP contribution in [0.15, 0.2) is 18.2 Å². The van der Waals surface area contributed by atoms with Crippen LogP contribution >= 0.6 is 22.6 Å². The molecule has 0 aromatic heterocycles. The smallest absolute Gasteiger partial charge is 0.132 e. The van der Waals surface area contributed by atoms with E-state index in [4.69, 9.17) is 4.74 Å². The third-order valence-electron chi connectivity index (χ3n) is 3.37. The van der Waals surface area contributed by atoms with Crippen molar-refractivity contribution >= 4 is 22.6 Å². The van der Waals surface area contributed by atoms with E-state index in [0.717, 1.165) is 40.8 Å². The summed E-state index contributed by atoms with van der Waals surface area (Å²) < 4.78 is 6.41. The zero-order valence-corrected chi connectivity index (χ0v) is 12.0. The fourth-order valence-electron chi connectivity index (χ4n) is 2.28.